The zero-order valence-electron chi connectivity index (χ0n) is 21.7. The van der Waals surface area contributed by atoms with Crippen LogP contribution in [0.15, 0.2) is 47.6 Å². The Morgan fingerprint density at radius 1 is 1.18 bits per heavy atom. The van der Waals surface area contributed by atoms with Gasteiger partial charge in [-0.2, -0.15) is 10.1 Å². The van der Waals surface area contributed by atoms with Crippen molar-refractivity contribution in [2.24, 2.45) is 5.92 Å². The van der Waals surface area contributed by atoms with Gasteiger partial charge in [-0.05, 0) is 37.3 Å². The fraction of sp³-hybridized carbons (Fsp3) is 0.423. The number of nitrogens with zero attached hydrogens (tertiary/aromatic N) is 7. The van der Waals surface area contributed by atoms with E-state index in [2.05, 4.69) is 51.3 Å². The van der Waals surface area contributed by atoms with Gasteiger partial charge in [0.25, 0.3) is 5.89 Å². The number of ether oxygens (including phenoxy) is 1. The number of pyridine rings is 1. The molecule has 1 aliphatic rings. The smallest absolute Gasteiger partial charge is 0.261 e. The van der Waals surface area contributed by atoms with Crippen molar-refractivity contribution in [1.82, 2.24) is 40.2 Å². The van der Waals surface area contributed by atoms with Crippen LogP contribution in [0.2, 0.25) is 0 Å². The van der Waals surface area contributed by atoms with E-state index in [-0.39, 0.29) is 30.4 Å². The number of amides is 1. The van der Waals surface area contributed by atoms with Gasteiger partial charge in [0.1, 0.15) is 6.54 Å². The van der Waals surface area contributed by atoms with E-state index < -0.39 is 5.41 Å². The van der Waals surface area contributed by atoms with E-state index in [1.54, 1.807) is 29.5 Å². The molecule has 0 spiro atoms. The minimum Gasteiger partial charge on any atom is -0.376 e. The minimum atomic E-state index is -0.566. The molecule has 1 fully saturated rings. The summed E-state index contributed by atoms with van der Waals surface area (Å²) in [6, 6.07) is 3.92. The van der Waals surface area contributed by atoms with Crippen molar-refractivity contribution in [3.63, 3.8) is 0 Å². The predicted octanol–water partition coefficient (Wildman–Crippen LogP) is 2.62. The summed E-state index contributed by atoms with van der Waals surface area (Å²) in [6.45, 7) is 7.63. The summed E-state index contributed by atoms with van der Waals surface area (Å²) < 4.78 is 12.7. The summed E-state index contributed by atoms with van der Waals surface area (Å²) >= 11 is 0. The molecule has 1 saturated heterocycles. The van der Waals surface area contributed by atoms with Crippen LogP contribution in [0.5, 0.6) is 0 Å². The van der Waals surface area contributed by atoms with Crippen LogP contribution >= 0.6 is 0 Å². The molecular formula is C26H31N9O3. The first-order valence-electron chi connectivity index (χ1n) is 12.6. The van der Waals surface area contributed by atoms with Gasteiger partial charge in [0.15, 0.2) is 5.82 Å². The quantitative estimate of drug-likeness (QED) is 0.338. The first kappa shape index (κ1) is 25.5. The molecule has 5 rings (SSSR count). The van der Waals surface area contributed by atoms with Crippen molar-refractivity contribution in [3.05, 3.63) is 54.5 Å². The molecule has 5 heterocycles. The summed E-state index contributed by atoms with van der Waals surface area (Å²) in [5.74, 6) is 1.09. The van der Waals surface area contributed by atoms with Gasteiger partial charge >= 0.3 is 0 Å². The highest BCUT2D eigenvalue weighted by Gasteiger charge is 2.38. The van der Waals surface area contributed by atoms with Crippen LogP contribution in [0.4, 0.5) is 5.95 Å². The molecule has 4 aromatic rings. The average Bonchev–Trinajstić information content (AvgIpc) is 3.70. The van der Waals surface area contributed by atoms with E-state index in [0.29, 0.717) is 23.8 Å². The van der Waals surface area contributed by atoms with Gasteiger partial charge in [-0.15, -0.1) is 0 Å². The van der Waals surface area contributed by atoms with Gasteiger partial charge in [0.2, 0.25) is 11.9 Å². The molecule has 1 aliphatic heterocycles. The van der Waals surface area contributed by atoms with Gasteiger partial charge in [0.05, 0.1) is 29.0 Å². The highest BCUT2D eigenvalue weighted by molar-refractivity contribution is 5.75. The molecule has 1 amide bonds. The molecule has 0 bridgehead atoms. The standard InChI is InChI=1S/C26H31N9O3/c1-16(2)26(3,19-6-7-21(28-12-19)17-9-30-25(27)31-10-17)24-33-23(38-34-24)18-11-32-35(14-18)15-22(36)29-13-20-5-4-8-37-20/h6-7,9-12,14,16,20H,4-5,8,13,15H2,1-3H3,(H,29,36)(H2,27,30,31). The highest BCUT2D eigenvalue weighted by Crippen LogP contribution is 2.38. The monoisotopic (exact) mass is 517 g/mol. The summed E-state index contributed by atoms with van der Waals surface area (Å²) in [5.41, 5.74) is 8.12. The Morgan fingerprint density at radius 3 is 2.68 bits per heavy atom. The Labute approximate surface area is 220 Å². The van der Waals surface area contributed by atoms with Crippen LogP contribution in [-0.4, -0.2) is 60.0 Å². The van der Waals surface area contributed by atoms with Crippen LogP contribution in [0, 0.1) is 5.92 Å². The van der Waals surface area contributed by atoms with E-state index in [4.69, 9.17) is 20.0 Å². The van der Waals surface area contributed by atoms with Gasteiger partial charge in [0, 0.05) is 43.5 Å². The predicted molar refractivity (Wildman–Crippen MR) is 138 cm³/mol. The maximum atomic E-state index is 12.3. The van der Waals surface area contributed by atoms with Crippen LogP contribution in [-0.2, 0) is 21.5 Å². The number of carbonyl (C=O) groups excluding carboxylic acids is 1. The topological polar surface area (TPSA) is 160 Å². The Kier molecular flexibility index (Phi) is 7.14. The summed E-state index contributed by atoms with van der Waals surface area (Å²) in [4.78, 5) is 29.7. The lowest BCUT2D eigenvalue weighted by Gasteiger charge is -2.30. The van der Waals surface area contributed by atoms with E-state index in [1.165, 1.54) is 0 Å². The fourth-order valence-corrected chi connectivity index (χ4v) is 4.41. The highest BCUT2D eigenvalue weighted by atomic mass is 16.5. The lowest BCUT2D eigenvalue weighted by Crippen LogP contribution is -2.34. The van der Waals surface area contributed by atoms with E-state index >= 15 is 0 Å². The van der Waals surface area contributed by atoms with Gasteiger partial charge in [-0.1, -0.05) is 25.1 Å². The molecule has 38 heavy (non-hydrogen) atoms. The average molecular weight is 518 g/mol. The Balaban J connectivity index is 1.30. The lowest BCUT2D eigenvalue weighted by atomic mass is 9.73. The van der Waals surface area contributed by atoms with Gasteiger partial charge < -0.3 is 20.3 Å². The van der Waals surface area contributed by atoms with Crippen molar-refractivity contribution >= 4 is 11.9 Å². The number of anilines is 1. The molecule has 0 aromatic carbocycles. The normalized spacial score (nSPS) is 17.0. The molecule has 0 radical (unpaired) electrons. The molecule has 12 heteroatoms. The Bertz CT molecular complexity index is 1380. The number of aromatic nitrogens is 7. The molecular weight excluding hydrogens is 486 g/mol. The van der Waals surface area contributed by atoms with E-state index in [9.17, 15) is 4.79 Å². The number of rotatable bonds is 9. The number of nitrogen functional groups attached to an aromatic ring is 1. The van der Waals surface area contributed by atoms with Crippen LogP contribution < -0.4 is 11.1 Å². The van der Waals surface area contributed by atoms with Crippen molar-refractivity contribution in [2.45, 2.75) is 51.7 Å². The second-order valence-corrected chi connectivity index (χ2v) is 9.91. The number of hydrogen-bond donors (Lipinski definition) is 2. The lowest BCUT2D eigenvalue weighted by molar-refractivity contribution is -0.122. The summed E-state index contributed by atoms with van der Waals surface area (Å²) in [6.07, 6.45) is 10.5. The number of carbonyl (C=O) groups is 1. The SMILES string of the molecule is CC(C)C(C)(c1ccc(-c2cnc(N)nc2)nc1)c1noc(-c2cnn(CC(=O)NCC3CCCO3)c2)n1. The molecule has 198 valence electrons. The second-order valence-electron chi connectivity index (χ2n) is 9.91. The zero-order chi connectivity index (χ0) is 26.7. The minimum absolute atomic E-state index is 0.0918. The first-order valence-corrected chi connectivity index (χ1v) is 12.6. The van der Waals surface area contributed by atoms with Crippen molar-refractivity contribution in [3.8, 4) is 22.7 Å². The van der Waals surface area contributed by atoms with Crippen molar-refractivity contribution < 1.29 is 14.1 Å². The zero-order valence-corrected chi connectivity index (χ0v) is 21.7. The largest absolute Gasteiger partial charge is 0.376 e. The Morgan fingerprint density at radius 2 is 2.00 bits per heavy atom. The van der Waals surface area contributed by atoms with Crippen LogP contribution in [0.3, 0.4) is 0 Å². The second kappa shape index (κ2) is 10.7. The Hall–Kier alpha value is -4.19. The molecule has 4 aromatic heterocycles. The van der Waals surface area contributed by atoms with Gasteiger partial charge in [-0.25, -0.2) is 9.97 Å². The third-order valence-electron chi connectivity index (χ3n) is 7.11. The number of hydrogen-bond acceptors (Lipinski definition) is 10. The number of nitrogens with one attached hydrogen (secondary N) is 1. The maximum absolute atomic E-state index is 12.3. The first-order chi connectivity index (χ1) is 18.3. The number of nitrogens with two attached hydrogens (primary N) is 1. The van der Waals surface area contributed by atoms with Crippen LogP contribution in [0.1, 0.15) is 45.0 Å². The molecule has 2 unspecified atom stereocenters. The van der Waals surface area contributed by atoms with Crippen molar-refractivity contribution in [2.75, 3.05) is 18.9 Å². The van der Waals surface area contributed by atoms with Gasteiger partial charge in [-0.3, -0.25) is 14.5 Å². The molecule has 0 saturated carbocycles. The summed E-state index contributed by atoms with van der Waals surface area (Å²) in [5, 5.41) is 11.5. The van der Waals surface area contributed by atoms with E-state index in [1.807, 2.05) is 18.3 Å². The molecule has 2 atom stereocenters. The summed E-state index contributed by atoms with van der Waals surface area (Å²) in [7, 11) is 0. The van der Waals surface area contributed by atoms with Crippen molar-refractivity contribution in [1.29, 1.82) is 0 Å². The fourth-order valence-electron chi connectivity index (χ4n) is 4.41. The maximum Gasteiger partial charge on any atom is 0.261 e. The molecule has 3 N–H and O–H groups in total. The molecule has 12 nitrogen and oxygen atoms in total. The van der Waals surface area contributed by atoms with E-state index in [0.717, 1.165) is 36.3 Å². The van der Waals surface area contributed by atoms with Crippen LogP contribution in [0.25, 0.3) is 22.7 Å². The third kappa shape index (κ3) is 5.25. The third-order valence-corrected chi connectivity index (χ3v) is 7.11. The molecule has 0 aliphatic carbocycles.